The lowest BCUT2D eigenvalue weighted by Gasteiger charge is -2.39. The second-order valence-electron chi connectivity index (χ2n) is 13.6. The lowest BCUT2D eigenvalue weighted by molar-refractivity contribution is -0.0366. The number of benzene rings is 1. The van der Waals surface area contributed by atoms with E-state index in [2.05, 4.69) is 40.8 Å². The molecule has 4 heterocycles. The fourth-order valence-corrected chi connectivity index (χ4v) is 7.41. The molecule has 2 fully saturated rings. The predicted octanol–water partition coefficient (Wildman–Crippen LogP) is 4.81. The molecule has 3 unspecified atom stereocenters. The summed E-state index contributed by atoms with van der Waals surface area (Å²) in [7, 11) is -3.65. The van der Waals surface area contributed by atoms with Crippen LogP contribution in [0.2, 0.25) is 0 Å². The molecule has 3 atom stereocenters. The van der Waals surface area contributed by atoms with Crippen molar-refractivity contribution in [2.75, 3.05) is 43.9 Å². The molecule has 3 aliphatic rings. The molecule has 0 saturated carbocycles. The molecule has 44 heavy (non-hydrogen) atoms. The quantitative estimate of drug-likeness (QED) is 0.377. The molecule has 1 aromatic carbocycles. The van der Waals surface area contributed by atoms with E-state index in [-0.39, 0.29) is 29.3 Å². The van der Waals surface area contributed by atoms with Crippen molar-refractivity contribution in [3.8, 4) is 0 Å². The summed E-state index contributed by atoms with van der Waals surface area (Å²) < 4.78 is 39.2. The number of aromatic nitrogens is 4. The highest BCUT2D eigenvalue weighted by Crippen LogP contribution is 2.43. The number of aryl methyl sites for hydroxylation is 1. The van der Waals surface area contributed by atoms with Crippen LogP contribution in [0.1, 0.15) is 81.5 Å². The number of fused-ring (bicyclic) bond motifs is 2. The van der Waals surface area contributed by atoms with E-state index in [0.717, 1.165) is 60.7 Å². The van der Waals surface area contributed by atoms with Gasteiger partial charge >= 0.3 is 6.09 Å². The molecule has 2 aromatic heterocycles. The van der Waals surface area contributed by atoms with Gasteiger partial charge < -0.3 is 19.3 Å². The van der Waals surface area contributed by atoms with Gasteiger partial charge in [-0.15, -0.1) is 0 Å². The highest BCUT2D eigenvalue weighted by Gasteiger charge is 2.36. The van der Waals surface area contributed by atoms with Gasteiger partial charge in [-0.25, -0.2) is 27.9 Å². The van der Waals surface area contributed by atoms with Crippen LogP contribution in [0.3, 0.4) is 0 Å². The van der Waals surface area contributed by atoms with Gasteiger partial charge in [0.15, 0.2) is 6.23 Å². The Morgan fingerprint density at radius 2 is 1.82 bits per heavy atom. The van der Waals surface area contributed by atoms with Crippen LogP contribution in [-0.4, -0.2) is 83.8 Å². The van der Waals surface area contributed by atoms with Crippen LogP contribution in [0, 0.1) is 12.8 Å². The molecule has 3 aromatic rings. The zero-order valence-electron chi connectivity index (χ0n) is 26.7. The summed E-state index contributed by atoms with van der Waals surface area (Å²) in [5.41, 5.74) is 4.73. The van der Waals surface area contributed by atoms with Crippen LogP contribution >= 0.6 is 0 Å². The summed E-state index contributed by atoms with van der Waals surface area (Å²) >= 11 is 0. The minimum atomic E-state index is -3.65. The van der Waals surface area contributed by atoms with Crippen LogP contribution in [0.5, 0.6) is 0 Å². The summed E-state index contributed by atoms with van der Waals surface area (Å²) in [5.74, 6) is 1.06. The van der Waals surface area contributed by atoms with Crippen molar-refractivity contribution in [2.45, 2.75) is 89.6 Å². The monoisotopic (exact) mass is 624 g/mol. The van der Waals surface area contributed by atoms with Crippen molar-refractivity contribution in [2.24, 2.45) is 5.92 Å². The fourth-order valence-electron chi connectivity index (χ4n) is 6.88. The third-order valence-corrected chi connectivity index (χ3v) is 9.92. The molecule has 12 heteroatoms. The molecule has 2 saturated heterocycles. The van der Waals surface area contributed by atoms with E-state index in [0.29, 0.717) is 38.4 Å². The first-order valence-corrected chi connectivity index (χ1v) is 17.6. The number of ether oxygens (including phenoxy) is 2. The number of piperazine rings is 1. The molecule has 6 rings (SSSR count). The largest absolute Gasteiger partial charge is 0.444 e. The van der Waals surface area contributed by atoms with Crippen molar-refractivity contribution < 1.29 is 22.7 Å². The molecule has 0 radical (unpaired) electrons. The molecule has 238 valence electrons. The van der Waals surface area contributed by atoms with E-state index in [4.69, 9.17) is 14.6 Å². The maximum Gasteiger partial charge on any atom is 0.410 e. The Morgan fingerprint density at radius 3 is 2.48 bits per heavy atom. The lowest BCUT2D eigenvalue weighted by Crippen LogP contribution is -2.50. The molecular formula is C32H44N6O5S. The zero-order valence-corrected chi connectivity index (χ0v) is 27.5. The van der Waals surface area contributed by atoms with Gasteiger partial charge in [0.1, 0.15) is 11.4 Å². The molecular weight excluding hydrogens is 580 g/mol. The van der Waals surface area contributed by atoms with E-state index < -0.39 is 15.4 Å². The van der Waals surface area contributed by atoms with Gasteiger partial charge in [-0.05, 0) is 88.8 Å². The first kappa shape index (κ1) is 30.8. The standard InChI is InChI=1S/C32H44N6O5S/c1-20-10-11-26-24(19-33-38(26)27-9-7-8-16-42-27)28(20)22-18-25-23(17-21(22)2)29(35-30(34-25)44(6,40)41)36-12-14-37(15-13-36)31(39)43-32(3,4)5/h10-11,19,21-22,27H,7-9,12-18H2,1-6H3. The molecule has 1 aliphatic carbocycles. The Balaban J connectivity index is 1.33. The maximum absolute atomic E-state index is 12.8. The zero-order chi connectivity index (χ0) is 31.4. The normalized spacial score (nSPS) is 23.1. The Bertz CT molecular complexity index is 1670. The number of hydrogen-bond acceptors (Lipinski definition) is 9. The molecule has 0 bridgehead atoms. The Kier molecular flexibility index (Phi) is 8.11. The van der Waals surface area contributed by atoms with Crippen molar-refractivity contribution in [1.82, 2.24) is 24.6 Å². The van der Waals surface area contributed by atoms with E-state index in [1.807, 2.05) is 31.6 Å². The number of amides is 1. The van der Waals surface area contributed by atoms with Crippen molar-refractivity contribution in [3.05, 3.63) is 40.7 Å². The van der Waals surface area contributed by atoms with Crippen LogP contribution in [0.15, 0.2) is 23.5 Å². The lowest BCUT2D eigenvalue weighted by atomic mass is 9.73. The molecule has 11 nitrogen and oxygen atoms in total. The highest BCUT2D eigenvalue weighted by atomic mass is 32.2. The minimum absolute atomic E-state index is 0.0512. The Labute approximate surface area is 259 Å². The van der Waals surface area contributed by atoms with Crippen molar-refractivity contribution in [3.63, 3.8) is 0 Å². The summed E-state index contributed by atoms with van der Waals surface area (Å²) in [6, 6.07) is 4.30. The molecule has 0 N–H and O–H groups in total. The average molecular weight is 625 g/mol. The van der Waals surface area contributed by atoms with Gasteiger partial charge in [0.05, 0.1) is 17.4 Å². The van der Waals surface area contributed by atoms with E-state index in [9.17, 15) is 13.2 Å². The van der Waals surface area contributed by atoms with Gasteiger partial charge in [-0.3, -0.25) is 0 Å². The van der Waals surface area contributed by atoms with Crippen LogP contribution in [0.25, 0.3) is 10.9 Å². The summed E-state index contributed by atoms with van der Waals surface area (Å²) in [5, 5.41) is 5.76. The van der Waals surface area contributed by atoms with E-state index in [1.54, 1.807) is 4.90 Å². The number of anilines is 1. The summed E-state index contributed by atoms with van der Waals surface area (Å²) in [6.45, 7) is 12.7. The number of rotatable bonds is 4. The van der Waals surface area contributed by atoms with E-state index in [1.165, 1.54) is 11.1 Å². The van der Waals surface area contributed by atoms with Gasteiger partial charge in [0.25, 0.3) is 0 Å². The topological polar surface area (TPSA) is 120 Å². The second kappa shape index (κ2) is 11.6. The highest BCUT2D eigenvalue weighted by molar-refractivity contribution is 7.90. The van der Waals surface area contributed by atoms with Gasteiger partial charge in [0.2, 0.25) is 15.0 Å². The minimum Gasteiger partial charge on any atom is -0.444 e. The third kappa shape index (κ3) is 6.02. The number of nitrogens with zero attached hydrogens (tertiary/aromatic N) is 6. The Morgan fingerprint density at radius 1 is 1.07 bits per heavy atom. The summed E-state index contributed by atoms with van der Waals surface area (Å²) in [6.07, 6.45) is 7.23. The predicted molar refractivity (Wildman–Crippen MR) is 168 cm³/mol. The molecule has 1 amide bonds. The third-order valence-electron chi connectivity index (χ3n) is 9.08. The number of sulfone groups is 1. The van der Waals surface area contributed by atoms with Gasteiger partial charge in [0, 0.05) is 50.0 Å². The summed E-state index contributed by atoms with van der Waals surface area (Å²) in [4.78, 5) is 25.8. The number of hydrogen-bond donors (Lipinski definition) is 0. The van der Waals surface area contributed by atoms with Crippen LogP contribution in [0.4, 0.5) is 10.6 Å². The van der Waals surface area contributed by atoms with E-state index >= 15 is 0 Å². The fraction of sp³-hybridized carbons (Fsp3) is 0.625. The van der Waals surface area contributed by atoms with Crippen LogP contribution < -0.4 is 4.90 Å². The number of carbonyl (C=O) groups excluding carboxylic acids is 1. The van der Waals surface area contributed by atoms with Gasteiger partial charge in [-0.2, -0.15) is 5.10 Å². The smallest absolute Gasteiger partial charge is 0.410 e. The van der Waals surface area contributed by atoms with Crippen molar-refractivity contribution in [1.29, 1.82) is 0 Å². The molecule has 2 aliphatic heterocycles. The first-order valence-electron chi connectivity index (χ1n) is 15.7. The Hall–Kier alpha value is -3.25. The number of carbonyl (C=O) groups is 1. The SMILES string of the molecule is Cc1ccc2c(cnn2C2CCCCO2)c1C1Cc2nc(S(C)(=O)=O)nc(N3CCN(C(=O)OC(C)(C)C)CC3)c2CC1C. The maximum atomic E-state index is 12.8. The van der Waals surface area contributed by atoms with Crippen molar-refractivity contribution >= 4 is 32.7 Å². The van der Waals surface area contributed by atoms with Gasteiger partial charge in [-0.1, -0.05) is 13.0 Å². The first-order chi connectivity index (χ1) is 20.8. The second-order valence-corrected chi connectivity index (χ2v) is 15.5. The molecule has 0 spiro atoms. The average Bonchev–Trinajstić information content (AvgIpc) is 3.40. The van der Waals surface area contributed by atoms with Crippen LogP contribution in [-0.2, 0) is 32.2 Å².